The molecule has 0 radical (unpaired) electrons. The number of methoxy groups -OCH3 is 1. The van der Waals surface area contributed by atoms with Gasteiger partial charge in [0, 0.05) is 6.42 Å². The molecule has 1 aliphatic heterocycles. The molecule has 3 atom stereocenters. The van der Waals surface area contributed by atoms with Gasteiger partial charge in [-0.05, 0) is 6.92 Å². The summed E-state index contributed by atoms with van der Waals surface area (Å²) in [6, 6.07) is 0. The largest absolute Gasteiger partial charge is 0.469 e. The maximum atomic E-state index is 10.9. The van der Waals surface area contributed by atoms with Crippen molar-refractivity contribution >= 4 is 5.97 Å². The van der Waals surface area contributed by atoms with Crippen LogP contribution < -0.4 is 0 Å². The number of esters is 1. The van der Waals surface area contributed by atoms with Crippen LogP contribution in [0.1, 0.15) is 19.8 Å². The topological polar surface area (TPSA) is 65.0 Å². The molecule has 3 unspecified atom stereocenters. The van der Waals surface area contributed by atoms with Crippen molar-refractivity contribution in [3.63, 3.8) is 0 Å². The minimum atomic E-state index is -0.380. The molecule has 0 aromatic heterocycles. The summed E-state index contributed by atoms with van der Waals surface area (Å²) < 4.78 is 15.2. The lowest BCUT2D eigenvalue weighted by Crippen LogP contribution is -2.22. The van der Waals surface area contributed by atoms with Crippen molar-refractivity contribution in [1.82, 2.24) is 0 Å². The normalized spacial score (nSPS) is 27.7. The highest BCUT2D eigenvalue weighted by Gasteiger charge is 2.24. The molecule has 0 aromatic carbocycles. The molecule has 1 fully saturated rings. The maximum Gasteiger partial charge on any atom is 0.308 e. The summed E-state index contributed by atoms with van der Waals surface area (Å²) in [6.45, 7) is 2.59. The molecule has 88 valence electrons. The van der Waals surface area contributed by atoms with Crippen molar-refractivity contribution in [2.24, 2.45) is 0 Å². The number of ether oxygens (including phenoxy) is 3. The summed E-state index contributed by atoms with van der Waals surface area (Å²) in [4.78, 5) is 10.9. The molecule has 0 aliphatic carbocycles. The second kappa shape index (κ2) is 6.05. The zero-order chi connectivity index (χ0) is 11.3. The van der Waals surface area contributed by atoms with Gasteiger partial charge in [-0.25, -0.2) is 0 Å². The lowest BCUT2D eigenvalue weighted by molar-refractivity contribution is -0.144. The van der Waals surface area contributed by atoms with Crippen LogP contribution in [0, 0.1) is 0 Å². The second-order valence-corrected chi connectivity index (χ2v) is 3.77. The average molecular weight is 218 g/mol. The lowest BCUT2D eigenvalue weighted by atomic mass is 10.2. The molecule has 0 spiro atoms. The summed E-state index contributed by atoms with van der Waals surface area (Å²) >= 11 is 0. The van der Waals surface area contributed by atoms with Crippen LogP contribution in [0.3, 0.4) is 0 Å². The first kappa shape index (κ1) is 12.4. The molecule has 1 aliphatic rings. The monoisotopic (exact) mass is 218 g/mol. The third-order valence-corrected chi connectivity index (χ3v) is 2.31. The van der Waals surface area contributed by atoms with Gasteiger partial charge in [-0.3, -0.25) is 4.79 Å². The highest BCUT2D eigenvalue weighted by Crippen LogP contribution is 2.14. The number of carbonyl (C=O) groups excluding carboxylic acids is 1. The van der Waals surface area contributed by atoms with E-state index in [2.05, 4.69) is 4.74 Å². The van der Waals surface area contributed by atoms with Gasteiger partial charge in [0.05, 0.1) is 45.1 Å². The molecule has 0 aromatic rings. The first-order valence-corrected chi connectivity index (χ1v) is 5.10. The van der Waals surface area contributed by atoms with Crippen molar-refractivity contribution in [1.29, 1.82) is 0 Å². The van der Waals surface area contributed by atoms with Crippen LogP contribution in [0.4, 0.5) is 0 Å². The van der Waals surface area contributed by atoms with E-state index in [0.717, 1.165) is 0 Å². The van der Waals surface area contributed by atoms with Crippen LogP contribution in [0.15, 0.2) is 0 Å². The van der Waals surface area contributed by atoms with Gasteiger partial charge in [0.1, 0.15) is 0 Å². The summed E-state index contributed by atoms with van der Waals surface area (Å²) in [6.07, 6.45) is 0.227. The van der Waals surface area contributed by atoms with Gasteiger partial charge in [-0.15, -0.1) is 0 Å². The van der Waals surface area contributed by atoms with Gasteiger partial charge < -0.3 is 19.3 Å². The molecule has 5 nitrogen and oxygen atoms in total. The van der Waals surface area contributed by atoms with Gasteiger partial charge >= 0.3 is 5.97 Å². The van der Waals surface area contributed by atoms with Crippen molar-refractivity contribution in [3.05, 3.63) is 0 Å². The Morgan fingerprint density at radius 3 is 2.93 bits per heavy atom. The number of hydrogen-bond donors (Lipinski definition) is 1. The van der Waals surface area contributed by atoms with Crippen LogP contribution in [-0.4, -0.2) is 49.7 Å². The van der Waals surface area contributed by atoms with Crippen LogP contribution in [-0.2, 0) is 19.0 Å². The Hall–Kier alpha value is -0.650. The second-order valence-electron chi connectivity index (χ2n) is 3.77. The molecular weight excluding hydrogens is 200 g/mol. The van der Waals surface area contributed by atoms with Crippen molar-refractivity contribution in [2.45, 2.75) is 38.1 Å². The van der Waals surface area contributed by atoms with E-state index in [1.165, 1.54) is 7.11 Å². The van der Waals surface area contributed by atoms with Crippen molar-refractivity contribution in [3.8, 4) is 0 Å². The van der Waals surface area contributed by atoms with Crippen LogP contribution in [0.2, 0.25) is 0 Å². The highest BCUT2D eigenvalue weighted by atomic mass is 16.6. The van der Waals surface area contributed by atoms with E-state index in [-0.39, 0.29) is 30.7 Å². The third kappa shape index (κ3) is 4.59. The van der Waals surface area contributed by atoms with E-state index in [4.69, 9.17) is 9.47 Å². The number of aliphatic hydroxyl groups is 1. The number of rotatable bonds is 5. The van der Waals surface area contributed by atoms with Gasteiger partial charge in [0.2, 0.25) is 0 Å². The minimum absolute atomic E-state index is 0.0555. The van der Waals surface area contributed by atoms with E-state index in [1.54, 1.807) is 0 Å². The van der Waals surface area contributed by atoms with E-state index >= 15 is 0 Å². The summed E-state index contributed by atoms with van der Waals surface area (Å²) in [5, 5.41) is 9.19. The van der Waals surface area contributed by atoms with Gasteiger partial charge in [-0.1, -0.05) is 0 Å². The van der Waals surface area contributed by atoms with Crippen molar-refractivity contribution in [2.75, 3.05) is 20.3 Å². The first-order valence-electron chi connectivity index (χ1n) is 5.10. The fourth-order valence-corrected chi connectivity index (χ4v) is 1.45. The van der Waals surface area contributed by atoms with Crippen molar-refractivity contribution < 1.29 is 24.1 Å². The number of aliphatic hydroxyl groups excluding tert-OH is 1. The molecule has 1 heterocycles. The standard InChI is InChI=1S/C10H18O5/c1-7(3-10(12)13-2)14-6-9-4-8(11)5-15-9/h7-9,11H,3-6H2,1-2H3. The predicted molar refractivity (Wildman–Crippen MR) is 52.4 cm³/mol. The smallest absolute Gasteiger partial charge is 0.308 e. The van der Waals surface area contributed by atoms with Gasteiger partial charge in [0.25, 0.3) is 0 Å². The molecule has 0 saturated carbocycles. The molecule has 0 bridgehead atoms. The SMILES string of the molecule is COC(=O)CC(C)OCC1CC(O)CO1. The predicted octanol–water partition coefficient (Wildman–Crippen LogP) is 0.104. The fourth-order valence-electron chi connectivity index (χ4n) is 1.45. The van der Waals surface area contributed by atoms with Crippen LogP contribution in [0.5, 0.6) is 0 Å². The Kier molecular flexibility index (Phi) is 5.01. The first-order chi connectivity index (χ1) is 7.11. The lowest BCUT2D eigenvalue weighted by Gasteiger charge is -2.14. The number of hydrogen-bond acceptors (Lipinski definition) is 5. The van der Waals surface area contributed by atoms with Crippen LogP contribution >= 0.6 is 0 Å². The molecule has 0 amide bonds. The summed E-state index contributed by atoms with van der Waals surface area (Å²) in [7, 11) is 1.35. The Balaban J connectivity index is 2.11. The Labute approximate surface area is 89.3 Å². The average Bonchev–Trinajstić information content (AvgIpc) is 2.61. The molecule has 1 saturated heterocycles. The minimum Gasteiger partial charge on any atom is -0.469 e. The van der Waals surface area contributed by atoms with Gasteiger partial charge in [-0.2, -0.15) is 0 Å². The Morgan fingerprint density at radius 2 is 2.40 bits per heavy atom. The summed E-state index contributed by atoms with van der Waals surface area (Å²) in [5.74, 6) is -0.283. The molecule has 1 rings (SSSR count). The highest BCUT2D eigenvalue weighted by molar-refractivity contribution is 5.69. The van der Waals surface area contributed by atoms with E-state index in [9.17, 15) is 9.90 Å². The van der Waals surface area contributed by atoms with E-state index in [1.807, 2.05) is 6.92 Å². The molecule has 5 heteroatoms. The molecule has 1 N–H and O–H groups in total. The Morgan fingerprint density at radius 1 is 1.67 bits per heavy atom. The quantitative estimate of drug-likeness (QED) is 0.663. The molecular formula is C10H18O5. The van der Waals surface area contributed by atoms with E-state index in [0.29, 0.717) is 19.6 Å². The third-order valence-electron chi connectivity index (χ3n) is 2.31. The fraction of sp³-hybridized carbons (Fsp3) is 0.900. The summed E-state index contributed by atoms with van der Waals surface area (Å²) in [5.41, 5.74) is 0. The van der Waals surface area contributed by atoms with E-state index < -0.39 is 0 Å². The van der Waals surface area contributed by atoms with Crippen LogP contribution in [0.25, 0.3) is 0 Å². The maximum absolute atomic E-state index is 10.9. The van der Waals surface area contributed by atoms with Gasteiger partial charge in [0.15, 0.2) is 0 Å². The molecule has 15 heavy (non-hydrogen) atoms. The zero-order valence-electron chi connectivity index (χ0n) is 9.14. The Bertz CT molecular complexity index is 206. The number of carbonyl (C=O) groups is 1. The zero-order valence-corrected chi connectivity index (χ0v) is 9.14.